The highest BCUT2D eigenvalue weighted by molar-refractivity contribution is 7.99. The molecule has 0 spiro atoms. The highest BCUT2D eigenvalue weighted by Crippen LogP contribution is 2.23. The Labute approximate surface area is 190 Å². The molecule has 0 atom stereocenters. The Morgan fingerprint density at radius 2 is 1.81 bits per heavy atom. The third-order valence-electron chi connectivity index (χ3n) is 4.35. The number of amides is 1. The number of aromatic nitrogens is 3. The van der Waals surface area contributed by atoms with E-state index in [0.717, 1.165) is 22.8 Å². The number of anilines is 1. The predicted molar refractivity (Wildman–Crippen MR) is 124 cm³/mol. The molecule has 0 aliphatic heterocycles. The van der Waals surface area contributed by atoms with Crippen LogP contribution in [0.3, 0.4) is 0 Å². The zero-order chi connectivity index (χ0) is 22.9. The topological polar surface area (TPSA) is 95.3 Å². The first kappa shape index (κ1) is 23.1. The van der Waals surface area contributed by atoms with Gasteiger partial charge in [-0.1, -0.05) is 23.9 Å². The van der Waals surface area contributed by atoms with Gasteiger partial charge in [-0.15, -0.1) is 10.2 Å². The first-order valence-electron chi connectivity index (χ1n) is 9.94. The molecule has 166 valence electrons. The van der Waals surface area contributed by atoms with E-state index < -0.39 is 0 Å². The average Bonchev–Trinajstić information content (AvgIpc) is 3.17. The number of rotatable bonds is 9. The van der Waals surface area contributed by atoms with Crippen LogP contribution in [0.5, 0.6) is 5.75 Å². The second-order valence-electron chi connectivity index (χ2n) is 6.61. The summed E-state index contributed by atoms with van der Waals surface area (Å²) in [5.74, 6) is 1.12. The molecule has 2 aromatic carbocycles. The molecule has 0 radical (unpaired) electrons. The minimum absolute atomic E-state index is 0.160. The van der Waals surface area contributed by atoms with Gasteiger partial charge < -0.3 is 14.8 Å². The van der Waals surface area contributed by atoms with Gasteiger partial charge in [0.25, 0.3) is 0 Å². The van der Waals surface area contributed by atoms with Crippen molar-refractivity contribution in [2.75, 3.05) is 24.8 Å². The summed E-state index contributed by atoms with van der Waals surface area (Å²) in [6.07, 6.45) is 3.03. The Hall–Kier alpha value is -3.59. The average molecular weight is 453 g/mol. The molecule has 0 bridgehead atoms. The van der Waals surface area contributed by atoms with Crippen molar-refractivity contribution >= 4 is 35.4 Å². The van der Waals surface area contributed by atoms with E-state index in [1.165, 1.54) is 17.8 Å². The number of carbonyl (C=O) groups is 2. The largest absolute Gasteiger partial charge is 0.497 e. The molecule has 0 saturated heterocycles. The Morgan fingerprint density at radius 3 is 2.47 bits per heavy atom. The summed E-state index contributed by atoms with van der Waals surface area (Å²) in [5, 5.41) is 11.8. The molecule has 1 N–H and O–H groups in total. The maximum atomic E-state index is 12.4. The number of nitrogens with one attached hydrogen (secondary N) is 1. The van der Waals surface area contributed by atoms with Crippen molar-refractivity contribution in [2.24, 2.45) is 0 Å². The monoisotopic (exact) mass is 452 g/mol. The van der Waals surface area contributed by atoms with Crippen molar-refractivity contribution in [3.05, 3.63) is 66.0 Å². The van der Waals surface area contributed by atoms with Crippen LogP contribution >= 0.6 is 11.8 Å². The van der Waals surface area contributed by atoms with Gasteiger partial charge in [0.15, 0.2) is 5.16 Å². The fourth-order valence-electron chi connectivity index (χ4n) is 2.82. The molecule has 3 aromatic rings. The lowest BCUT2D eigenvalue weighted by molar-refractivity contribution is -0.137. The van der Waals surface area contributed by atoms with Crippen molar-refractivity contribution in [3.8, 4) is 11.4 Å². The van der Waals surface area contributed by atoms with E-state index in [2.05, 4.69) is 15.5 Å². The van der Waals surface area contributed by atoms with Crippen LogP contribution in [0.15, 0.2) is 59.8 Å². The second-order valence-corrected chi connectivity index (χ2v) is 7.55. The normalized spacial score (nSPS) is 10.8. The lowest BCUT2D eigenvalue weighted by Crippen LogP contribution is -2.14. The Morgan fingerprint density at radius 1 is 1.09 bits per heavy atom. The molecular formula is C23H24N4O4S. The van der Waals surface area contributed by atoms with Crippen molar-refractivity contribution in [1.82, 2.24) is 14.8 Å². The fourth-order valence-corrected chi connectivity index (χ4v) is 3.62. The van der Waals surface area contributed by atoms with Gasteiger partial charge in [-0.05, 0) is 61.9 Å². The van der Waals surface area contributed by atoms with E-state index in [1.54, 1.807) is 32.2 Å². The standard InChI is InChI=1S/C23H24N4O4S/c1-4-31-22(29)14-7-17-5-8-18(9-6-17)24-21(28)15-32-23-26-25-16(2)27(23)19-10-12-20(30-3)13-11-19/h5-14H,4,15H2,1-3H3,(H,24,28). The minimum atomic E-state index is -0.389. The number of hydrogen-bond acceptors (Lipinski definition) is 7. The molecule has 32 heavy (non-hydrogen) atoms. The van der Waals surface area contributed by atoms with Crippen LogP contribution in [0.2, 0.25) is 0 Å². The van der Waals surface area contributed by atoms with Gasteiger partial charge in [-0.2, -0.15) is 0 Å². The summed E-state index contributed by atoms with van der Waals surface area (Å²) < 4.78 is 11.9. The molecule has 0 saturated carbocycles. The smallest absolute Gasteiger partial charge is 0.330 e. The number of esters is 1. The summed E-state index contributed by atoms with van der Waals surface area (Å²) in [4.78, 5) is 23.8. The molecule has 8 nitrogen and oxygen atoms in total. The Balaban J connectivity index is 1.58. The van der Waals surface area contributed by atoms with Gasteiger partial charge >= 0.3 is 5.97 Å². The number of ether oxygens (including phenoxy) is 2. The summed E-state index contributed by atoms with van der Waals surface area (Å²) in [6.45, 7) is 3.95. The maximum Gasteiger partial charge on any atom is 0.330 e. The van der Waals surface area contributed by atoms with Gasteiger partial charge in [-0.3, -0.25) is 9.36 Å². The van der Waals surface area contributed by atoms with E-state index in [1.807, 2.05) is 47.9 Å². The number of nitrogens with zero attached hydrogens (tertiary/aromatic N) is 3. The number of aryl methyl sites for hydroxylation is 1. The van der Waals surface area contributed by atoms with Crippen LogP contribution in [-0.2, 0) is 14.3 Å². The van der Waals surface area contributed by atoms with Crippen molar-refractivity contribution in [3.63, 3.8) is 0 Å². The van der Waals surface area contributed by atoms with Crippen molar-refractivity contribution < 1.29 is 19.1 Å². The quantitative estimate of drug-likeness (QED) is 0.299. The van der Waals surface area contributed by atoms with Crippen molar-refractivity contribution in [2.45, 2.75) is 19.0 Å². The molecule has 1 aromatic heterocycles. The molecule has 0 unspecified atom stereocenters. The first-order valence-corrected chi connectivity index (χ1v) is 10.9. The molecule has 9 heteroatoms. The number of methoxy groups -OCH3 is 1. The zero-order valence-corrected chi connectivity index (χ0v) is 18.9. The predicted octanol–water partition coefficient (Wildman–Crippen LogP) is 3.89. The minimum Gasteiger partial charge on any atom is -0.497 e. The van der Waals surface area contributed by atoms with Crippen LogP contribution in [0.25, 0.3) is 11.8 Å². The van der Waals surface area contributed by atoms with Crippen LogP contribution in [0.1, 0.15) is 18.3 Å². The van der Waals surface area contributed by atoms with Gasteiger partial charge in [0, 0.05) is 17.5 Å². The van der Waals surface area contributed by atoms with E-state index >= 15 is 0 Å². The fraction of sp³-hybridized carbons (Fsp3) is 0.217. The van der Waals surface area contributed by atoms with E-state index in [9.17, 15) is 9.59 Å². The highest BCUT2D eigenvalue weighted by Gasteiger charge is 2.13. The Kier molecular flexibility index (Phi) is 8.04. The lowest BCUT2D eigenvalue weighted by atomic mass is 10.2. The highest BCUT2D eigenvalue weighted by atomic mass is 32.2. The first-order chi connectivity index (χ1) is 15.5. The molecule has 0 fully saturated rings. The zero-order valence-electron chi connectivity index (χ0n) is 18.1. The summed E-state index contributed by atoms with van der Waals surface area (Å²) >= 11 is 1.30. The SMILES string of the molecule is CCOC(=O)C=Cc1ccc(NC(=O)CSc2nnc(C)n2-c2ccc(OC)cc2)cc1. The van der Waals surface area contributed by atoms with Crippen LogP contribution in [-0.4, -0.2) is 46.1 Å². The number of carbonyl (C=O) groups excluding carboxylic acids is 2. The third-order valence-corrected chi connectivity index (χ3v) is 5.28. The molecule has 0 aliphatic carbocycles. The van der Waals surface area contributed by atoms with Gasteiger partial charge in [-0.25, -0.2) is 4.79 Å². The van der Waals surface area contributed by atoms with E-state index in [-0.39, 0.29) is 17.6 Å². The van der Waals surface area contributed by atoms with Gasteiger partial charge in [0.2, 0.25) is 5.91 Å². The van der Waals surface area contributed by atoms with Gasteiger partial charge in [0.1, 0.15) is 11.6 Å². The number of hydrogen-bond donors (Lipinski definition) is 1. The van der Waals surface area contributed by atoms with Crippen LogP contribution in [0.4, 0.5) is 5.69 Å². The van der Waals surface area contributed by atoms with Crippen LogP contribution < -0.4 is 10.1 Å². The molecule has 3 rings (SSSR count). The molecule has 1 amide bonds. The van der Waals surface area contributed by atoms with Gasteiger partial charge in [0.05, 0.1) is 19.5 Å². The second kappa shape index (κ2) is 11.1. The van der Waals surface area contributed by atoms with Crippen molar-refractivity contribution in [1.29, 1.82) is 0 Å². The summed E-state index contributed by atoms with van der Waals surface area (Å²) in [5.41, 5.74) is 2.38. The van der Waals surface area contributed by atoms with E-state index in [4.69, 9.17) is 9.47 Å². The Bertz CT molecular complexity index is 1090. The number of thioether (sulfide) groups is 1. The molecule has 1 heterocycles. The summed E-state index contributed by atoms with van der Waals surface area (Å²) in [6, 6.07) is 14.7. The maximum absolute atomic E-state index is 12.4. The number of benzene rings is 2. The molecular weight excluding hydrogens is 428 g/mol. The lowest BCUT2D eigenvalue weighted by Gasteiger charge is -2.09. The molecule has 0 aliphatic rings. The van der Waals surface area contributed by atoms with E-state index in [0.29, 0.717) is 17.5 Å². The summed E-state index contributed by atoms with van der Waals surface area (Å²) in [7, 11) is 1.62. The third kappa shape index (κ3) is 6.21. The van der Waals surface area contributed by atoms with Crippen LogP contribution in [0, 0.1) is 6.92 Å².